The molecule has 1 aromatic rings. The number of aromatic nitrogens is 2. The summed E-state index contributed by atoms with van der Waals surface area (Å²) in [4.78, 5) is 15.4. The second kappa shape index (κ2) is 4.70. The molecule has 0 aliphatic heterocycles. The number of hydrogen-bond acceptors (Lipinski definition) is 3. The standard InChI is InChI=1S/C9H14BrN3O/c1-6-8(10)7(2)13(5-3-4-11)9(14)12-6/h3-5,11H2,1-2H3. The van der Waals surface area contributed by atoms with Gasteiger partial charge in [-0.1, -0.05) is 0 Å². The van der Waals surface area contributed by atoms with Crippen molar-refractivity contribution in [2.45, 2.75) is 26.8 Å². The van der Waals surface area contributed by atoms with E-state index < -0.39 is 0 Å². The first kappa shape index (κ1) is 11.4. The first-order valence-corrected chi connectivity index (χ1v) is 5.31. The van der Waals surface area contributed by atoms with Crippen LogP contribution in [0, 0.1) is 13.8 Å². The van der Waals surface area contributed by atoms with E-state index in [0.717, 1.165) is 22.3 Å². The van der Waals surface area contributed by atoms with Gasteiger partial charge in [-0.05, 0) is 42.7 Å². The number of halogens is 1. The third-order valence-electron chi connectivity index (χ3n) is 2.12. The van der Waals surface area contributed by atoms with Gasteiger partial charge in [-0.25, -0.2) is 4.79 Å². The Bertz CT molecular complexity index is 386. The number of rotatable bonds is 3. The summed E-state index contributed by atoms with van der Waals surface area (Å²) < 4.78 is 2.54. The van der Waals surface area contributed by atoms with E-state index in [9.17, 15) is 4.79 Å². The van der Waals surface area contributed by atoms with E-state index >= 15 is 0 Å². The maximum absolute atomic E-state index is 11.5. The highest BCUT2D eigenvalue weighted by molar-refractivity contribution is 9.10. The highest BCUT2D eigenvalue weighted by Gasteiger charge is 2.07. The SMILES string of the molecule is Cc1nc(=O)n(CCCN)c(C)c1Br. The molecule has 1 heterocycles. The molecule has 0 aromatic carbocycles. The van der Waals surface area contributed by atoms with Crippen molar-refractivity contribution in [3.8, 4) is 0 Å². The Kier molecular flexibility index (Phi) is 3.83. The molecule has 0 unspecified atom stereocenters. The van der Waals surface area contributed by atoms with Crippen LogP contribution in [-0.2, 0) is 6.54 Å². The molecule has 0 saturated carbocycles. The van der Waals surface area contributed by atoms with Crippen LogP contribution in [0.5, 0.6) is 0 Å². The Morgan fingerprint density at radius 3 is 2.71 bits per heavy atom. The van der Waals surface area contributed by atoms with Crippen molar-refractivity contribution in [3.63, 3.8) is 0 Å². The zero-order valence-electron chi connectivity index (χ0n) is 8.38. The van der Waals surface area contributed by atoms with Crippen LogP contribution in [0.2, 0.25) is 0 Å². The summed E-state index contributed by atoms with van der Waals surface area (Å²) in [5, 5.41) is 0. The van der Waals surface area contributed by atoms with Crippen molar-refractivity contribution in [1.29, 1.82) is 0 Å². The lowest BCUT2D eigenvalue weighted by Gasteiger charge is -2.11. The van der Waals surface area contributed by atoms with E-state index in [1.807, 2.05) is 13.8 Å². The predicted octanol–water partition coefficient (Wildman–Crippen LogP) is 0.971. The summed E-state index contributed by atoms with van der Waals surface area (Å²) in [6.07, 6.45) is 0.790. The molecule has 0 fully saturated rings. The molecule has 0 radical (unpaired) electrons. The molecule has 0 aliphatic rings. The molecule has 0 atom stereocenters. The smallest absolute Gasteiger partial charge is 0.330 e. The van der Waals surface area contributed by atoms with Gasteiger partial charge in [0.15, 0.2) is 0 Å². The van der Waals surface area contributed by atoms with Crippen molar-refractivity contribution in [2.24, 2.45) is 5.73 Å². The fraction of sp³-hybridized carbons (Fsp3) is 0.556. The molecular formula is C9H14BrN3O. The Morgan fingerprint density at radius 2 is 2.14 bits per heavy atom. The lowest BCUT2D eigenvalue weighted by Crippen LogP contribution is -2.27. The summed E-state index contributed by atoms with van der Waals surface area (Å²) in [6.45, 7) is 4.92. The van der Waals surface area contributed by atoms with Crippen LogP contribution in [0.15, 0.2) is 9.27 Å². The van der Waals surface area contributed by atoms with Crippen LogP contribution in [0.3, 0.4) is 0 Å². The molecular weight excluding hydrogens is 246 g/mol. The van der Waals surface area contributed by atoms with Gasteiger partial charge in [0, 0.05) is 12.2 Å². The van der Waals surface area contributed by atoms with Gasteiger partial charge in [0.1, 0.15) is 0 Å². The molecule has 0 spiro atoms. The summed E-state index contributed by atoms with van der Waals surface area (Å²) in [6, 6.07) is 0. The van der Waals surface area contributed by atoms with Gasteiger partial charge in [0.2, 0.25) is 0 Å². The third kappa shape index (κ3) is 2.22. The van der Waals surface area contributed by atoms with Gasteiger partial charge in [-0.3, -0.25) is 4.57 Å². The van der Waals surface area contributed by atoms with E-state index in [2.05, 4.69) is 20.9 Å². The van der Waals surface area contributed by atoms with Crippen LogP contribution in [0.25, 0.3) is 0 Å². The van der Waals surface area contributed by atoms with Gasteiger partial charge < -0.3 is 5.73 Å². The van der Waals surface area contributed by atoms with Gasteiger partial charge in [0.25, 0.3) is 0 Å². The highest BCUT2D eigenvalue weighted by Crippen LogP contribution is 2.16. The number of hydrogen-bond donors (Lipinski definition) is 1. The summed E-state index contributed by atoms with van der Waals surface area (Å²) in [7, 11) is 0. The normalized spacial score (nSPS) is 10.6. The summed E-state index contributed by atoms with van der Waals surface area (Å²) in [5.41, 5.74) is 6.85. The van der Waals surface area contributed by atoms with E-state index in [1.54, 1.807) is 4.57 Å². The fourth-order valence-corrected chi connectivity index (χ4v) is 1.59. The fourth-order valence-electron chi connectivity index (χ4n) is 1.29. The first-order chi connectivity index (χ1) is 6.57. The van der Waals surface area contributed by atoms with Crippen LogP contribution < -0.4 is 11.4 Å². The van der Waals surface area contributed by atoms with Crippen LogP contribution >= 0.6 is 15.9 Å². The molecule has 0 saturated heterocycles. The molecule has 4 nitrogen and oxygen atoms in total. The zero-order chi connectivity index (χ0) is 10.7. The highest BCUT2D eigenvalue weighted by atomic mass is 79.9. The topological polar surface area (TPSA) is 60.9 Å². The van der Waals surface area contributed by atoms with Gasteiger partial charge in [-0.15, -0.1) is 0 Å². The molecule has 0 bridgehead atoms. The van der Waals surface area contributed by atoms with Crippen molar-refractivity contribution in [1.82, 2.24) is 9.55 Å². The maximum atomic E-state index is 11.5. The molecule has 78 valence electrons. The molecule has 0 aliphatic carbocycles. The van der Waals surface area contributed by atoms with Crippen molar-refractivity contribution < 1.29 is 0 Å². The minimum absolute atomic E-state index is 0.198. The van der Waals surface area contributed by atoms with E-state index in [-0.39, 0.29) is 5.69 Å². The first-order valence-electron chi connectivity index (χ1n) is 4.51. The average Bonchev–Trinajstić information content (AvgIpc) is 2.14. The van der Waals surface area contributed by atoms with Gasteiger partial charge in [0.05, 0.1) is 10.2 Å². The van der Waals surface area contributed by atoms with Gasteiger partial charge in [-0.2, -0.15) is 4.98 Å². The molecule has 1 aromatic heterocycles. The second-order valence-corrected chi connectivity index (χ2v) is 3.97. The Labute approximate surface area is 91.3 Å². The molecule has 0 amide bonds. The number of nitrogens with zero attached hydrogens (tertiary/aromatic N) is 2. The van der Waals surface area contributed by atoms with E-state index in [1.165, 1.54) is 0 Å². The number of aryl methyl sites for hydroxylation is 1. The minimum Gasteiger partial charge on any atom is -0.330 e. The molecule has 1 rings (SSSR count). The second-order valence-electron chi connectivity index (χ2n) is 3.17. The van der Waals surface area contributed by atoms with Gasteiger partial charge >= 0.3 is 5.69 Å². The maximum Gasteiger partial charge on any atom is 0.348 e. The van der Waals surface area contributed by atoms with E-state index in [0.29, 0.717) is 13.1 Å². The molecule has 14 heavy (non-hydrogen) atoms. The van der Waals surface area contributed by atoms with Crippen molar-refractivity contribution in [3.05, 3.63) is 26.3 Å². The Hall–Kier alpha value is -0.680. The zero-order valence-corrected chi connectivity index (χ0v) is 9.97. The average molecular weight is 260 g/mol. The predicted molar refractivity (Wildman–Crippen MR) is 59.3 cm³/mol. The molecule has 5 heteroatoms. The minimum atomic E-state index is -0.198. The lowest BCUT2D eigenvalue weighted by molar-refractivity contribution is 0.593. The Morgan fingerprint density at radius 1 is 1.50 bits per heavy atom. The lowest BCUT2D eigenvalue weighted by atomic mass is 10.3. The monoisotopic (exact) mass is 259 g/mol. The Balaban J connectivity index is 3.16. The van der Waals surface area contributed by atoms with Crippen molar-refractivity contribution >= 4 is 15.9 Å². The van der Waals surface area contributed by atoms with Crippen LogP contribution in [-0.4, -0.2) is 16.1 Å². The summed E-state index contributed by atoms with van der Waals surface area (Å²) >= 11 is 3.40. The quantitative estimate of drug-likeness (QED) is 0.880. The summed E-state index contributed by atoms with van der Waals surface area (Å²) in [5.74, 6) is 0. The number of nitrogens with two attached hydrogens (primary N) is 1. The third-order valence-corrected chi connectivity index (χ3v) is 3.27. The van der Waals surface area contributed by atoms with E-state index in [4.69, 9.17) is 5.73 Å². The van der Waals surface area contributed by atoms with Crippen LogP contribution in [0.1, 0.15) is 17.8 Å². The van der Waals surface area contributed by atoms with Crippen molar-refractivity contribution in [2.75, 3.05) is 6.54 Å². The molecule has 2 N–H and O–H groups in total. The van der Waals surface area contributed by atoms with Crippen LogP contribution in [0.4, 0.5) is 0 Å². The largest absolute Gasteiger partial charge is 0.348 e.